The van der Waals surface area contributed by atoms with Crippen LogP contribution in [0.3, 0.4) is 0 Å². The Kier molecular flexibility index (Phi) is 1.96. The van der Waals surface area contributed by atoms with Gasteiger partial charge in [0, 0.05) is 17.1 Å². The smallest absolute Gasteiger partial charge is 0.142 e. The molecular weight excluding hydrogens is 162 g/mol. The SMILES string of the molecule is O=CC=Cc1cccc2[nH]ccc12. The van der Waals surface area contributed by atoms with Crippen molar-refractivity contribution in [2.24, 2.45) is 0 Å². The first kappa shape index (κ1) is 7.80. The molecule has 64 valence electrons. The standard InChI is InChI=1S/C11H9NO/c13-8-2-4-9-3-1-5-11-10(9)6-7-12-11/h1-8,12H. The van der Waals surface area contributed by atoms with Crippen molar-refractivity contribution >= 4 is 23.3 Å². The molecule has 0 bridgehead atoms. The number of H-pyrrole nitrogens is 1. The summed E-state index contributed by atoms with van der Waals surface area (Å²) in [5, 5.41) is 1.14. The van der Waals surface area contributed by atoms with Gasteiger partial charge in [-0.15, -0.1) is 0 Å². The number of aromatic nitrogens is 1. The van der Waals surface area contributed by atoms with Gasteiger partial charge in [0.2, 0.25) is 0 Å². The van der Waals surface area contributed by atoms with E-state index in [2.05, 4.69) is 4.98 Å². The van der Waals surface area contributed by atoms with Crippen LogP contribution in [0.4, 0.5) is 0 Å². The van der Waals surface area contributed by atoms with Crippen LogP contribution in [0.25, 0.3) is 17.0 Å². The summed E-state index contributed by atoms with van der Waals surface area (Å²) in [5.41, 5.74) is 2.15. The lowest BCUT2D eigenvalue weighted by Gasteiger charge is -1.94. The van der Waals surface area contributed by atoms with E-state index in [1.165, 1.54) is 6.08 Å². The largest absolute Gasteiger partial charge is 0.361 e. The van der Waals surface area contributed by atoms with E-state index in [1.54, 1.807) is 0 Å². The van der Waals surface area contributed by atoms with Crippen molar-refractivity contribution in [3.8, 4) is 0 Å². The van der Waals surface area contributed by atoms with Crippen molar-refractivity contribution in [1.82, 2.24) is 4.98 Å². The molecule has 2 nitrogen and oxygen atoms in total. The Morgan fingerprint density at radius 1 is 1.23 bits per heavy atom. The number of carbonyl (C=O) groups excluding carboxylic acids is 1. The van der Waals surface area contributed by atoms with E-state index >= 15 is 0 Å². The van der Waals surface area contributed by atoms with Gasteiger partial charge in [-0.05, 0) is 23.8 Å². The Morgan fingerprint density at radius 3 is 3.00 bits per heavy atom. The van der Waals surface area contributed by atoms with Crippen molar-refractivity contribution in [3.63, 3.8) is 0 Å². The molecule has 0 unspecified atom stereocenters. The Balaban J connectivity index is 2.60. The highest BCUT2D eigenvalue weighted by molar-refractivity contribution is 5.90. The molecule has 0 saturated carbocycles. The lowest BCUT2D eigenvalue weighted by atomic mass is 10.1. The van der Waals surface area contributed by atoms with Gasteiger partial charge in [-0.3, -0.25) is 4.79 Å². The Morgan fingerprint density at radius 2 is 2.15 bits per heavy atom. The number of carbonyl (C=O) groups is 1. The third-order valence-electron chi connectivity index (χ3n) is 1.98. The predicted molar refractivity (Wildman–Crippen MR) is 53.4 cm³/mol. The van der Waals surface area contributed by atoms with Crippen LogP contribution < -0.4 is 0 Å². The molecule has 0 spiro atoms. The molecule has 13 heavy (non-hydrogen) atoms. The number of hydrogen-bond donors (Lipinski definition) is 1. The number of benzene rings is 1. The van der Waals surface area contributed by atoms with Gasteiger partial charge in [0.15, 0.2) is 0 Å². The van der Waals surface area contributed by atoms with E-state index in [-0.39, 0.29) is 0 Å². The van der Waals surface area contributed by atoms with Crippen LogP contribution in [-0.4, -0.2) is 11.3 Å². The number of allylic oxidation sites excluding steroid dienone is 1. The molecule has 1 heterocycles. The number of nitrogens with one attached hydrogen (secondary N) is 1. The molecule has 0 saturated heterocycles. The van der Waals surface area contributed by atoms with Crippen molar-refractivity contribution in [1.29, 1.82) is 0 Å². The van der Waals surface area contributed by atoms with Gasteiger partial charge < -0.3 is 4.98 Å². The summed E-state index contributed by atoms with van der Waals surface area (Å²) < 4.78 is 0. The third kappa shape index (κ3) is 1.38. The zero-order valence-corrected chi connectivity index (χ0v) is 7.03. The fourth-order valence-electron chi connectivity index (χ4n) is 1.40. The molecular formula is C11H9NO. The number of hydrogen-bond acceptors (Lipinski definition) is 1. The highest BCUT2D eigenvalue weighted by Crippen LogP contribution is 2.18. The minimum absolute atomic E-state index is 0.783. The molecule has 2 heteroatoms. The molecule has 0 aliphatic rings. The third-order valence-corrected chi connectivity index (χ3v) is 1.98. The van der Waals surface area contributed by atoms with Gasteiger partial charge in [0.05, 0.1) is 0 Å². The molecule has 0 fully saturated rings. The van der Waals surface area contributed by atoms with Crippen LogP contribution >= 0.6 is 0 Å². The highest BCUT2D eigenvalue weighted by Gasteiger charge is 1.96. The van der Waals surface area contributed by atoms with Crippen molar-refractivity contribution in [3.05, 3.63) is 42.1 Å². The maximum atomic E-state index is 10.2. The van der Waals surface area contributed by atoms with Gasteiger partial charge in [-0.25, -0.2) is 0 Å². The van der Waals surface area contributed by atoms with Crippen LogP contribution in [0.15, 0.2) is 36.5 Å². The normalized spacial score (nSPS) is 11.1. The van der Waals surface area contributed by atoms with Gasteiger partial charge in [-0.1, -0.05) is 18.2 Å². The second-order valence-electron chi connectivity index (χ2n) is 2.78. The molecule has 0 atom stereocenters. The number of aldehydes is 1. The molecule has 0 aliphatic heterocycles. The fourth-order valence-corrected chi connectivity index (χ4v) is 1.40. The van der Waals surface area contributed by atoms with Gasteiger partial charge in [-0.2, -0.15) is 0 Å². The number of fused-ring (bicyclic) bond motifs is 1. The minimum atomic E-state index is 0.783. The molecule has 0 aliphatic carbocycles. The highest BCUT2D eigenvalue weighted by atomic mass is 16.1. The van der Waals surface area contributed by atoms with Gasteiger partial charge in [0.1, 0.15) is 6.29 Å². The summed E-state index contributed by atoms with van der Waals surface area (Å²) in [6.07, 6.45) is 5.99. The summed E-state index contributed by atoms with van der Waals surface area (Å²) in [7, 11) is 0. The van der Waals surface area contributed by atoms with Crippen LogP contribution in [0, 0.1) is 0 Å². The van der Waals surface area contributed by atoms with Crippen molar-refractivity contribution in [2.45, 2.75) is 0 Å². The monoisotopic (exact) mass is 171 g/mol. The van der Waals surface area contributed by atoms with E-state index in [9.17, 15) is 4.79 Å². The Labute approximate surface area is 75.9 Å². The van der Waals surface area contributed by atoms with Crippen LogP contribution in [0.2, 0.25) is 0 Å². The zero-order valence-electron chi connectivity index (χ0n) is 7.03. The van der Waals surface area contributed by atoms with Crippen molar-refractivity contribution in [2.75, 3.05) is 0 Å². The Hall–Kier alpha value is -1.83. The lowest BCUT2D eigenvalue weighted by Crippen LogP contribution is -1.74. The van der Waals surface area contributed by atoms with Gasteiger partial charge >= 0.3 is 0 Å². The maximum Gasteiger partial charge on any atom is 0.142 e. The second kappa shape index (κ2) is 3.27. The van der Waals surface area contributed by atoms with Crippen LogP contribution in [-0.2, 0) is 4.79 Å². The van der Waals surface area contributed by atoms with E-state index in [0.717, 1.165) is 22.8 Å². The van der Waals surface area contributed by atoms with Gasteiger partial charge in [0.25, 0.3) is 0 Å². The summed E-state index contributed by atoms with van der Waals surface area (Å²) >= 11 is 0. The average molecular weight is 171 g/mol. The fraction of sp³-hybridized carbons (Fsp3) is 0. The van der Waals surface area contributed by atoms with Crippen LogP contribution in [0.1, 0.15) is 5.56 Å². The molecule has 1 aromatic heterocycles. The molecule has 0 radical (unpaired) electrons. The molecule has 0 amide bonds. The van der Waals surface area contributed by atoms with E-state index in [4.69, 9.17) is 0 Å². The summed E-state index contributed by atoms with van der Waals surface area (Å²) in [6, 6.07) is 7.95. The number of rotatable bonds is 2. The van der Waals surface area contributed by atoms with E-state index < -0.39 is 0 Å². The summed E-state index contributed by atoms with van der Waals surface area (Å²) in [4.78, 5) is 13.3. The zero-order chi connectivity index (χ0) is 9.10. The summed E-state index contributed by atoms with van der Waals surface area (Å²) in [5.74, 6) is 0. The Bertz CT molecular complexity index is 454. The van der Waals surface area contributed by atoms with E-state index in [1.807, 2.05) is 36.5 Å². The molecule has 1 N–H and O–H groups in total. The lowest BCUT2D eigenvalue weighted by molar-refractivity contribution is -0.104. The number of aromatic amines is 1. The van der Waals surface area contributed by atoms with E-state index in [0.29, 0.717) is 0 Å². The molecule has 2 aromatic rings. The van der Waals surface area contributed by atoms with Crippen molar-refractivity contribution < 1.29 is 4.79 Å². The first-order chi connectivity index (χ1) is 6.42. The minimum Gasteiger partial charge on any atom is -0.361 e. The molecule has 2 rings (SSSR count). The quantitative estimate of drug-likeness (QED) is 0.546. The second-order valence-corrected chi connectivity index (χ2v) is 2.78. The van der Waals surface area contributed by atoms with Crippen LogP contribution in [0.5, 0.6) is 0 Å². The first-order valence-corrected chi connectivity index (χ1v) is 4.10. The summed E-state index contributed by atoms with van der Waals surface area (Å²) in [6.45, 7) is 0. The maximum absolute atomic E-state index is 10.2. The topological polar surface area (TPSA) is 32.9 Å². The molecule has 1 aromatic carbocycles. The average Bonchev–Trinajstić information content (AvgIpc) is 2.62. The predicted octanol–water partition coefficient (Wildman–Crippen LogP) is 2.38. The first-order valence-electron chi connectivity index (χ1n) is 4.10.